The fourth-order valence-electron chi connectivity index (χ4n) is 1.81. The van der Waals surface area contributed by atoms with Crippen molar-refractivity contribution in [2.75, 3.05) is 0 Å². The van der Waals surface area contributed by atoms with Crippen LogP contribution < -0.4 is 5.73 Å². The molecule has 3 N–H and O–H groups in total. The largest absolute Gasteiger partial charge is 0.326 e. The lowest BCUT2D eigenvalue weighted by atomic mass is 9.95. The molecule has 0 saturated carbocycles. The molecule has 94 valence electrons. The first-order valence-electron chi connectivity index (χ1n) is 6.03. The lowest BCUT2D eigenvalue weighted by molar-refractivity contribution is -0.193. The van der Waals surface area contributed by atoms with Crippen molar-refractivity contribution in [2.24, 2.45) is 5.73 Å². The number of hydroxylamine groups is 2. The first-order chi connectivity index (χ1) is 6.78. The Kier molecular flexibility index (Phi) is 7.44. The Balaban J connectivity index is 0. The third-order valence-corrected chi connectivity index (χ3v) is 2.75. The summed E-state index contributed by atoms with van der Waals surface area (Å²) in [5.74, 6) is 0. The third-order valence-electron chi connectivity index (χ3n) is 2.75. The van der Waals surface area contributed by atoms with Gasteiger partial charge in [-0.1, -0.05) is 27.7 Å². The predicted octanol–water partition coefficient (Wildman–Crippen LogP) is 3.02. The topological polar surface area (TPSA) is 49.5 Å². The van der Waals surface area contributed by atoms with Crippen LogP contribution in [-0.4, -0.2) is 27.4 Å². The van der Waals surface area contributed by atoms with Crippen LogP contribution in [0.1, 0.15) is 61.8 Å². The van der Waals surface area contributed by atoms with Gasteiger partial charge >= 0.3 is 0 Å². The van der Waals surface area contributed by atoms with Crippen molar-refractivity contribution in [3.05, 3.63) is 0 Å². The molecular formula is C12H30N2O. The van der Waals surface area contributed by atoms with Crippen LogP contribution in [0.15, 0.2) is 0 Å². The maximum atomic E-state index is 9.71. The number of hydrogen-bond acceptors (Lipinski definition) is 3. The van der Waals surface area contributed by atoms with E-state index in [9.17, 15) is 5.21 Å². The summed E-state index contributed by atoms with van der Waals surface area (Å²) in [6.45, 7) is 15.9. The smallest absolute Gasteiger partial charge is 0.0561 e. The summed E-state index contributed by atoms with van der Waals surface area (Å²) in [5.41, 5.74) is 5.41. The normalized spacial score (nSPS) is 27.2. The monoisotopic (exact) mass is 218 g/mol. The van der Waals surface area contributed by atoms with E-state index in [-0.39, 0.29) is 17.1 Å². The molecule has 1 rings (SSSR count). The fraction of sp³-hybridized carbons (Fsp3) is 1.00. The molecule has 0 radical (unpaired) electrons. The van der Waals surface area contributed by atoms with Crippen LogP contribution in [-0.2, 0) is 0 Å². The van der Waals surface area contributed by atoms with Crippen molar-refractivity contribution in [2.45, 2.75) is 78.9 Å². The zero-order chi connectivity index (χ0) is 12.9. The second-order valence-corrected chi connectivity index (χ2v) is 4.59. The lowest BCUT2D eigenvalue weighted by Gasteiger charge is -2.34. The Labute approximate surface area is 95.6 Å². The maximum absolute atomic E-state index is 9.71. The molecule has 15 heavy (non-hydrogen) atoms. The summed E-state index contributed by atoms with van der Waals surface area (Å²) >= 11 is 0. The van der Waals surface area contributed by atoms with Crippen molar-refractivity contribution in [1.29, 1.82) is 0 Å². The van der Waals surface area contributed by atoms with Crippen molar-refractivity contribution in [1.82, 2.24) is 5.06 Å². The molecule has 0 spiro atoms. The second-order valence-electron chi connectivity index (χ2n) is 4.59. The van der Waals surface area contributed by atoms with E-state index in [0.29, 0.717) is 0 Å². The van der Waals surface area contributed by atoms with Crippen molar-refractivity contribution in [3.63, 3.8) is 0 Å². The molecule has 1 aliphatic rings. The summed E-state index contributed by atoms with van der Waals surface area (Å²) in [7, 11) is 0. The highest BCUT2D eigenvalue weighted by atomic mass is 16.5. The van der Waals surface area contributed by atoms with Crippen LogP contribution >= 0.6 is 0 Å². The number of rotatable bonds is 0. The van der Waals surface area contributed by atoms with Gasteiger partial charge in [-0.05, 0) is 34.1 Å². The van der Waals surface area contributed by atoms with E-state index < -0.39 is 0 Å². The molecule has 1 fully saturated rings. The number of nitrogens with two attached hydrogens (primary N) is 1. The quantitative estimate of drug-likeness (QED) is 0.657. The second kappa shape index (κ2) is 6.46. The molecule has 1 saturated heterocycles. The summed E-state index contributed by atoms with van der Waals surface area (Å²) < 4.78 is 0. The van der Waals surface area contributed by atoms with Crippen LogP contribution in [0.2, 0.25) is 0 Å². The highest BCUT2D eigenvalue weighted by molar-refractivity contribution is 5.04. The molecule has 1 aliphatic heterocycles. The molecule has 1 atom stereocenters. The van der Waals surface area contributed by atoms with Crippen LogP contribution in [0.3, 0.4) is 0 Å². The summed E-state index contributed by atoms with van der Waals surface area (Å²) in [4.78, 5) is 0. The molecule has 0 bridgehead atoms. The van der Waals surface area contributed by atoms with Gasteiger partial charge in [-0.2, -0.15) is 5.06 Å². The van der Waals surface area contributed by atoms with E-state index in [4.69, 9.17) is 5.73 Å². The van der Waals surface area contributed by atoms with Gasteiger partial charge in [0.1, 0.15) is 0 Å². The zero-order valence-electron chi connectivity index (χ0n) is 11.8. The zero-order valence-corrected chi connectivity index (χ0v) is 11.8. The summed E-state index contributed by atoms with van der Waals surface area (Å²) in [6, 6.07) is 0.0579. The van der Waals surface area contributed by atoms with Gasteiger partial charge in [-0.3, -0.25) is 0 Å². The van der Waals surface area contributed by atoms with Gasteiger partial charge in [-0.15, -0.1) is 0 Å². The molecule has 0 aromatic heterocycles. The molecule has 0 aromatic rings. The summed E-state index contributed by atoms with van der Waals surface area (Å²) in [6.07, 6.45) is 0.844. The maximum Gasteiger partial charge on any atom is 0.0561 e. The Morgan fingerprint density at radius 1 is 1.07 bits per heavy atom. The van der Waals surface area contributed by atoms with Crippen LogP contribution in [0.25, 0.3) is 0 Å². The minimum atomic E-state index is -0.288. The van der Waals surface area contributed by atoms with E-state index in [0.717, 1.165) is 6.42 Å². The van der Waals surface area contributed by atoms with Crippen LogP contribution in [0.5, 0.6) is 0 Å². The van der Waals surface area contributed by atoms with Crippen molar-refractivity contribution in [3.8, 4) is 0 Å². The van der Waals surface area contributed by atoms with Gasteiger partial charge in [-0.25, -0.2) is 0 Å². The standard InChI is InChI=1S/C8H18N2O.2C2H6/c1-7(2)5-6(9)8(3,4)10(7)11;2*1-2/h6,11H,5,9H2,1-4H3;2*1-2H3. The van der Waals surface area contributed by atoms with Crippen LogP contribution in [0, 0.1) is 0 Å². The van der Waals surface area contributed by atoms with Gasteiger partial charge in [0.05, 0.1) is 5.54 Å². The third kappa shape index (κ3) is 3.74. The minimum Gasteiger partial charge on any atom is -0.326 e. The Morgan fingerprint density at radius 2 is 1.40 bits per heavy atom. The fourth-order valence-corrected chi connectivity index (χ4v) is 1.81. The van der Waals surface area contributed by atoms with Crippen molar-refractivity contribution >= 4 is 0 Å². The Bertz CT molecular complexity index is 167. The lowest BCUT2D eigenvalue weighted by Crippen LogP contribution is -2.50. The van der Waals surface area contributed by atoms with Crippen LogP contribution in [0.4, 0.5) is 0 Å². The van der Waals surface area contributed by atoms with E-state index >= 15 is 0 Å². The average molecular weight is 218 g/mol. The van der Waals surface area contributed by atoms with Gasteiger partial charge in [0, 0.05) is 11.6 Å². The molecule has 0 amide bonds. The van der Waals surface area contributed by atoms with Gasteiger partial charge < -0.3 is 10.9 Å². The predicted molar refractivity (Wildman–Crippen MR) is 67.1 cm³/mol. The van der Waals surface area contributed by atoms with Gasteiger partial charge in [0.15, 0.2) is 0 Å². The molecule has 3 nitrogen and oxygen atoms in total. The highest BCUT2D eigenvalue weighted by Gasteiger charge is 2.49. The first-order valence-corrected chi connectivity index (χ1v) is 6.03. The molecule has 0 aromatic carbocycles. The molecule has 3 heteroatoms. The number of hydrogen-bond donors (Lipinski definition) is 2. The van der Waals surface area contributed by atoms with Crippen molar-refractivity contribution < 1.29 is 5.21 Å². The molecular weight excluding hydrogens is 188 g/mol. The first kappa shape index (κ1) is 17.3. The number of nitrogens with zero attached hydrogens (tertiary/aromatic N) is 1. The average Bonchev–Trinajstić information content (AvgIpc) is 2.34. The van der Waals surface area contributed by atoms with Gasteiger partial charge in [0.25, 0.3) is 0 Å². The van der Waals surface area contributed by atoms with E-state index in [2.05, 4.69) is 0 Å². The van der Waals surface area contributed by atoms with Gasteiger partial charge in [0.2, 0.25) is 0 Å². The van der Waals surface area contributed by atoms with E-state index in [1.54, 1.807) is 0 Å². The molecule has 1 unspecified atom stereocenters. The van der Waals surface area contributed by atoms with E-state index in [1.807, 2.05) is 55.4 Å². The van der Waals surface area contributed by atoms with E-state index in [1.165, 1.54) is 5.06 Å². The SMILES string of the molecule is CC.CC.CC1(C)CC(N)C(C)(C)N1O. The minimum absolute atomic E-state index is 0.0579. The Hall–Kier alpha value is -0.120. The Morgan fingerprint density at radius 3 is 1.47 bits per heavy atom. The summed E-state index contributed by atoms with van der Waals surface area (Å²) in [5, 5.41) is 11.1. The molecule has 1 heterocycles. The molecule has 0 aliphatic carbocycles. The highest BCUT2D eigenvalue weighted by Crippen LogP contribution is 2.37.